The number of aromatic nitrogens is 1. The van der Waals surface area contributed by atoms with Gasteiger partial charge in [0.15, 0.2) is 17.2 Å². The van der Waals surface area contributed by atoms with Gasteiger partial charge in [0.1, 0.15) is 24.0 Å². The number of esters is 1. The van der Waals surface area contributed by atoms with Gasteiger partial charge in [-0.3, -0.25) is 4.79 Å². The quantitative estimate of drug-likeness (QED) is 0.442. The molecule has 0 fully saturated rings. The molecular formula is C26H28N2O6. The van der Waals surface area contributed by atoms with Gasteiger partial charge in [0.05, 0.1) is 7.11 Å². The van der Waals surface area contributed by atoms with E-state index in [9.17, 15) is 14.7 Å². The molecule has 3 aromatic rings. The van der Waals surface area contributed by atoms with Crippen molar-refractivity contribution in [3.63, 3.8) is 0 Å². The average Bonchev–Trinajstić information content (AvgIpc) is 2.84. The predicted molar refractivity (Wildman–Crippen MR) is 126 cm³/mol. The molecule has 2 aromatic carbocycles. The molecule has 0 aliphatic heterocycles. The van der Waals surface area contributed by atoms with Crippen LogP contribution in [0, 0.1) is 0 Å². The number of benzene rings is 2. The third kappa shape index (κ3) is 6.48. The van der Waals surface area contributed by atoms with Crippen molar-refractivity contribution in [1.29, 1.82) is 0 Å². The summed E-state index contributed by atoms with van der Waals surface area (Å²) in [6.45, 7) is 3.33. The SMILES string of the molecule is COc1ccnc(C(=O)N[C@@H](C)C(=O)O[C@H](Cc2ccccc2)[C@H](C)Oc2ccccc2)c1O. The van der Waals surface area contributed by atoms with E-state index in [0.29, 0.717) is 12.2 Å². The van der Waals surface area contributed by atoms with E-state index < -0.39 is 35.9 Å². The Labute approximate surface area is 198 Å². The Morgan fingerprint density at radius 3 is 2.29 bits per heavy atom. The minimum atomic E-state index is -0.998. The topological polar surface area (TPSA) is 107 Å². The first kappa shape index (κ1) is 24.6. The molecule has 2 N–H and O–H groups in total. The van der Waals surface area contributed by atoms with Crippen molar-refractivity contribution < 1.29 is 28.9 Å². The number of aromatic hydroxyl groups is 1. The maximum absolute atomic E-state index is 12.9. The van der Waals surface area contributed by atoms with Crippen molar-refractivity contribution in [3.05, 3.63) is 84.2 Å². The van der Waals surface area contributed by atoms with Gasteiger partial charge in [-0.1, -0.05) is 48.5 Å². The Hall–Kier alpha value is -4.07. The van der Waals surface area contributed by atoms with E-state index in [1.54, 1.807) is 0 Å². The summed E-state index contributed by atoms with van der Waals surface area (Å²) in [5, 5.41) is 12.7. The van der Waals surface area contributed by atoms with Gasteiger partial charge < -0.3 is 24.6 Å². The maximum atomic E-state index is 12.9. The van der Waals surface area contributed by atoms with Gasteiger partial charge in [-0.25, -0.2) is 9.78 Å². The fraction of sp³-hybridized carbons (Fsp3) is 0.269. The number of pyridine rings is 1. The summed E-state index contributed by atoms with van der Waals surface area (Å²) in [5.74, 6) is -1.01. The predicted octanol–water partition coefficient (Wildman–Crippen LogP) is 3.54. The first-order valence-corrected chi connectivity index (χ1v) is 10.9. The maximum Gasteiger partial charge on any atom is 0.328 e. The molecule has 0 saturated carbocycles. The number of carbonyl (C=O) groups excluding carboxylic acids is 2. The Morgan fingerprint density at radius 2 is 1.65 bits per heavy atom. The van der Waals surface area contributed by atoms with E-state index in [0.717, 1.165) is 5.56 Å². The summed E-state index contributed by atoms with van der Waals surface area (Å²) in [6.07, 6.45) is 0.686. The van der Waals surface area contributed by atoms with E-state index in [2.05, 4.69) is 10.3 Å². The van der Waals surface area contributed by atoms with Crippen LogP contribution >= 0.6 is 0 Å². The van der Waals surface area contributed by atoms with E-state index >= 15 is 0 Å². The molecule has 178 valence electrons. The molecule has 1 aromatic heterocycles. The number of hydrogen-bond donors (Lipinski definition) is 2. The fourth-order valence-electron chi connectivity index (χ4n) is 3.28. The molecule has 0 spiro atoms. The molecule has 0 unspecified atom stereocenters. The lowest BCUT2D eigenvalue weighted by molar-refractivity contribution is -0.155. The Morgan fingerprint density at radius 1 is 1.00 bits per heavy atom. The largest absolute Gasteiger partial charge is 0.503 e. The molecule has 3 atom stereocenters. The van der Waals surface area contributed by atoms with Crippen LogP contribution in [0.15, 0.2) is 72.9 Å². The minimum Gasteiger partial charge on any atom is -0.503 e. The van der Waals surface area contributed by atoms with Crippen LogP contribution in [-0.4, -0.2) is 47.3 Å². The van der Waals surface area contributed by atoms with Gasteiger partial charge in [0.2, 0.25) is 0 Å². The molecule has 0 bridgehead atoms. The Kier molecular flexibility index (Phi) is 8.45. The lowest BCUT2D eigenvalue weighted by Gasteiger charge is -2.26. The van der Waals surface area contributed by atoms with Gasteiger partial charge in [0, 0.05) is 18.7 Å². The van der Waals surface area contributed by atoms with E-state index in [4.69, 9.17) is 14.2 Å². The summed E-state index contributed by atoms with van der Waals surface area (Å²) in [5.41, 5.74) is 0.728. The van der Waals surface area contributed by atoms with Crippen LogP contribution in [0.4, 0.5) is 0 Å². The van der Waals surface area contributed by atoms with Crippen molar-refractivity contribution in [2.45, 2.75) is 38.5 Å². The molecule has 0 radical (unpaired) electrons. The summed E-state index contributed by atoms with van der Waals surface area (Å²) >= 11 is 0. The molecule has 0 saturated heterocycles. The van der Waals surface area contributed by atoms with Crippen LogP contribution in [0.3, 0.4) is 0 Å². The summed E-state index contributed by atoms with van der Waals surface area (Å²) < 4.78 is 16.8. The smallest absolute Gasteiger partial charge is 0.328 e. The monoisotopic (exact) mass is 464 g/mol. The van der Waals surface area contributed by atoms with Crippen molar-refractivity contribution >= 4 is 11.9 Å². The molecule has 0 aliphatic rings. The number of rotatable bonds is 10. The normalized spacial score (nSPS) is 13.3. The number of amides is 1. The van der Waals surface area contributed by atoms with Crippen molar-refractivity contribution in [1.82, 2.24) is 10.3 Å². The van der Waals surface area contributed by atoms with Gasteiger partial charge in [-0.2, -0.15) is 0 Å². The van der Waals surface area contributed by atoms with Gasteiger partial charge in [0.25, 0.3) is 5.91 Å². The summed E-state index contributed by atoms with van der Waals surface area (Å²) in [7, 11) is 1.36. The Bertz CT molecular complexity index is 1090. The number of carbonyl (C=O) groups is 2. The molecule has 34 heavy (non-hydrogen) atoms. The van der Waals surface area contributed by atoms with E-state index in [-0.39, 0.29) is 11.4 Å². The number of ether oxygens (including phenoxy) is 3. The average molecular weight is 465 g/mol. The van der Waals surface area contributed by atoms with E-state index in [1.165, 1.54) is 26.3 Å². The zero-order chi connectivity index (χ0) is 24.5. The van der Waals surface area contributed by atoms with Gasteiger partial charge in [-0.15, -0.1) is 0 Å². The third-order valence-corrected chi connectivity index (χ3v) is 5.16. The van der Waals surface area contributed by atoms with Gasteiger partial charge >= 0.3 is 5.97 Å². The Balaban J connectivity index is 1.70. The molecule has 3 rings (SSSR count). The molecule has 0 aliphatic carbocycles. The second kappa shape index (κ2) is 11.7. The van der Waals surface area contributed by atoms with Crippen LogP contribution in [0.1, 0.15) is 29.9 Å². The first-order chi connectivity index (χ1) is 16.4. The first-order valence-electron chi connectivity index (χ1n) is 10.9. The highest BCUT2D eigenvalue weighted by atomic mass is 16.6. The van der Waals surface area contributed by atoms with Crippen LogP contribution in [0.2, 0.25) is 0 Å². The minimum absolute atomic E-state index is 0.102. The fourth-order valence-corrected chi connectivity index (χ4v) is 3.28. The lowest BCUT2D eigenvalue weighted by Crippen LogP contribution is -2.44. The number of hydrogen-bond acceptors (Lipinski definition) is 7. The van der Waals surface area contributed by atoms with Crippen LogP contribution in [-0.2, 0) is 16.0 Å². The van der Waals surface area contributed by atoms with E-state index in [1.807, 2.05) is 67.6 Å². The number of methoxy groups -OCH3 is 1. The van der Waals surface area contributed by atoms with Crippen LogP contribution < -0.4 is 14.8 Å². The second-order valence-electron chi connectivity index (χ2n) is 7.71. The second-order valence-corrected chi connectivity index (χ2v) is 7.71. The number of nitrogens with zero attached hydrogens (tertiary/aromatic N) is 1. The van der Waals surface area contributed by atoms with Gasteiger partial charge in [-0.05, 0) is 31.5 Å². The molecule has 8 nitrogen and oxygen atoms in total. The standard InChI is InChI=1S/C26H28N2O6/c1-17(28-25(30)23-24(29)21(32-3)14-15-27-23)26(31)34-22(16-19-10-6-4-7-11-19)18(2)33-20-12-8-5-9-13-20/h4-15,17-18,22,29H,16H2,1-3H3,(H,28,30)/t17-,18-,22+/m0/s1. The summed E-state index contributed by atoms with van der Waals surface area (Å²) in [4.78, 5) is 29.3. The highest BCUT2D eigenvalue weighted by Gasteiger charge is 2.28. The number of nitrogens with one attached hydrogen (secondary N) is 1. The van der Waals surface area contributed by atoms with Crippen molar-refractivity contribution in [3.8, 4) is 17.2 Å². The molecule has 1 heterocycles. The van der Waals surface area contributed by atoms with Crippen LogP contribution in [0.5, 0.6) is 17.2 Å². The molecular weight excluding hydrogens is 436 g/mol. The highest BCUT2D eigenvalue weighted by Crippen LogP contribution is 2.27. The number of para-hydroxylation sites is 1. The van der Waals surface area contributed by atoms with Crippen molar-refractivity contribution in [2.24, 2.45) is 0 Å². The highest BCUT2D eigenvalue weighted by molar-refractivity contribution is 5.97. The molecule has 8 heteroatoms. The lowest BCUT2D eigenvalue weighted by atomic mass is 10.0. The zero-order valence-corrected chi connectivity index (χ0v) is 19.3. The van der Waals surface area contributed by atoms with Crippen molar-refractivity contribution in [2.75, 3.05) is 7.11 Å². The molecule has 1 amide bonds. The zero-order valence-electron chi connectivity index (χ0n) is 19.3. The summed E-state index contributed by atoms with van der Waals surface area (Å²) in [6, 6.07) is 19.3. The van der Waals surface area contributed by atoms with Crippen LogP contribution in [0.25, 0.3) is 0 Å². The third-order valence-electron chi connectivity index (χ3n) is 5.16.